The van der Waals surface area contributed by atoms with Gasteiger partial charge in [0.15, 0.2) is 0 Å². The van der Waals surface area contributed by atoms with Gasteiger partial charge in [-0.3, -0.25) is 4.98 Å². The third-order valence-corrected chi connectivity index (χ3v) is 3.20. The number of rotatable bonds is 7. The maximum absolute atomic E-state index is 4.23. The first-order valence-corrected chi connectivity index (χ1v) is 6.97. The summed E-state index contributed by atoms with van der Waals surface area (Å²) in [5.41, 5.74) is 2.50. The van der Waals surface area contributed by atoms with Crippen LogP contribution in [-0.4, -0.2) is 11.5 Å². The van der Waals surface area contributed by atoms with Crippen LogP contribution in [-0.2, 0) is 0 Å². The highest BCUT2D eigenvalue weighted by atomic mass is 79.9. The van der Waals surface area contributed by atoms with Gasteiger partial charge in [-0.25, -0.2) is 0 Å². The molecule has 2 nitrogen and oxygen atoms in total. The van der Waals surface area contributed by atoms with Crippen molar-refractivity contribution in [3.8, 4) is 0 Å². The van der Waals surface area contributed by atoms with Gasteiger partial charge in [0.1, 0.15) is 0 Å². The molecule has 3 heteroatoms. The topological polar surface area (TPSA) is 24.9 Å². The molecular formula is C14H21BrN2. The van der Waals surface area contributed by atoms with Crippen molar-refractivity contribution in [2.75, 3.05) is 6.54 Å². The van der Waals surface area contributed by atoms with Gasteiger partial charge >= 0.3 is 0 Å². The second-order valence-electron chi connectivity index (χ2n) is 4.25. The first kappa shape index (κ1) is 14.4. The van der Waals surface area contributed by atoms with Crippen LogP contribution in [0.3, 0.4) is 0 Å². The summed E-state index contributed by atoms with van der Waals surface area (Å²) in [5.74, 6) is 0. The predicted molar refractivity (Wildman–Crippen MR) is 77.0 cm³/mol. The van der Waals surface area contributed by atoms with Gasteiger partial charge in [0.05, 0.1) is 0 Å². The quantitative estimate of drug-likeness (QED) is 0.761. The van der Waals surface area contributed by atoms with Crippen molar-refractivity contribution in [1.82, 2.24) is 10.3 Å². The van der Waals surface area contributed by atoms with Gasteiger partial charge in [-0.15, -0.1) is 0 Å². The third kappa shape index (κ3) is 5.00. The number of halogens is 1. The Hall–Kier alpha value is -0.670. The summed E-state index contributed by atoms with van der Waals surface area (Å²) in [5, 5.41) is 3.56. The molecule has 0 bridgehead atoms. The highest BCUT2D eigenvalue weighted by molar-refractivity contribution is 9.10. The molecule has 1 N–H and O–H groups in total. The lowest BCUT2D eigenvalue weighted by atomic mass is 9.99. The summed E-state index contributed by atoms with van der Waals surface area (Å²) in [6.07, 6.45) is 6.90. The third-order valence-electron chi connectivity index (χ3n) is 2.76. The average molecular weight is 297 g/mol. The Balaban J connectivity index is 2.77. The van der Waals surface area contributed by atoms with E-state index in [0.717, 1.165) is 30.3 Å². The molecule has 1 aromatic rings. The van der Waals surface area contributed by atoms with E-state index in [1.54, 1.807) is 0 Å². The summed E-state index contributed by atoms with van der Waals surface area (Å²) >= 11 is 3.47. The first-order valence-electron chi connectivity index (χ1n) is 6.17. The van der Waals surface area contributed by atoms with E-state index in [-0.39, 0.29) is 0 Å². The number of nitrogens with zero attached hydrogens (tertiary/aromatic N) is 1. The van der Waals surface area contributed by atoms with Crippen LogP contribution in [0.1, 0.15) is 44.7 Å². The molecule has 94 valence electrons. The lowest BCUT2D eigenvalue weighted by Gasteiger charge is -2.19. The standard InChI is InChI=1S/C14H21BrN2/c1-4-6-17-14(7-11(3)5-2)12-8-13(15)10-16-9-12/h8-10,14,17H,3-7H2,1-2H3. The molecule has 1 atom stereocenters. The number of pyridine rings is 1. The molecule has 0 aliphatic rings. The van der Waals surface area contributed by atoms with E-state index < -0.39 is 0 Å². The van der Waals surface area contributed by atoms with Crippen LogP contribution < -0.4 is 5.32 Å². The Labute approximate surface area is 113 Å². The van der Waals surface area contributed by atoms with E-state index in [1.807, 2.05) is 12.4 Å². The number of hydrogen-bond donors (Lipinski definition) is 1. The van der Waals surface area contributed by atoms with E-state index in [4.69, 9.17) is 0 Å². The molecule has 0 saturated heterocycles. The smallest absolute Gasteiger partial charge is 0.0410 e. The summed E-state index contributed by atoms with van der Waals surface area (Å²) in [7, 11) is 0. The minimum absolute atomic E-state index is 0.326. The largest absolute Gasteiger partial charge is 0.310 e. The van der Waals surface area contributed by atoms with Crippen molar-refractivity contribution in [2.24, 2.45) is 0 Å². The summed E-state index contributed by atoms with van der Waals surface area (Å²) in [6.45, 7) is 9.45. The summed E-state index contributed by atoms with van der Waals surface area (Å²) < 4.78 is 1.03. The molecule has 0 amide bonds. The van der Waals surface area contributed by atoms with Crippen molar-refractivity contribution in [3.63, 3.8) is 0 Å². The Morgan fingerprint density at radius 3 is 2.82 bits per heavy atom. The zero-order chi connectivity index (χ0) is 12.7. The summed E-state index contributed by atoms with van der Waals surface area (Å²) in [6, 6.07) is 2.45. The fourth-order valence-corrected chi connectivity index (χ4v) is 2.06. The highest BCUT2D eigenvalue weighted by Crippen LogP contribution is 2.23. The van der Waals surface area contributed by atoms with Crippen LogP contribution >= 0.6 is 15.9 Å². The van der Waals surface area contributed by atoms with Crippen molar-refractivity contribution in [1.29, 1.82) is 0 Å². The molecule has 0 aliphatic carbocycles. The van der Waals surface area contributed by atoms with Crippen LogP contribution in [0.4, 0.5) is 0 Å². The zero-order valence-electron chi connectivity index (χ0n) is 10.7. The molecular weight excluding hydrogens is 276 g/mol. The fourth-order valence-electron chi connectivity index (χ4n) is 1.68. The molecule has 1 aromatic heterocycles. The minimum Gasteiger partial charge on any atom is -0.310 e. The van der Waals surface area contributed by atoms with Gasteiger partial charge in [0.2, 0.25) is 0 Å². The fraction of sp³-hybridized carbons (Fsp3) is 0.500. The highest BCUT2D eigenvalue weighted by Gasteiger charge is 2.12. The van der Waals surface area contributed by atoms with Gasteiger partial charge in [-0.2, -0.15) is 0 Å². The summed E-state index contributed by atoms with van der Waals surface area (Å²) in [4.78, 5) is 4.23. The average Bonchev–Trinajstić information content (AvgIpc) is 2.34. The van der Waals surface area contributed by atoms with Crippen LogP contribution in [0.2, 0.25) is 0 Å². The maximum Gasteiger partial charge on any atom is 0.0410 e. The molecule has 17 heavy (non-hydrogen) atoms. The molecule has 1 rings (SSSR count). The van der Waals surface area contributed by atoms with Gasteiger partial charge in [-0.1, -0.05) is 26.0 Å². The molecule has 0 fully saturated rings. The van der Waals surface area contributed by atoms with Gasteiger partial charge in [-0.05, 0) is 53.4 Å². The SMILES string of the molecule is C=C(CC)CC(NCCC)c1cncc(Br)c1. The Morgan fingerprint density at radius 2 is 2.24 bits per heavy atom. The van der Waals surface area contributed by atoms with E-state index in [1.165, 1.54) is 11.1 Å². The van der Waals surface area contributed by atoms with Gasteiger partial charge < -0.3 is 5.32 Å². The van der Waals surface area contributed by atoms with E-state index in [9.17, 15) is 0 Å². The minimum atomic E-state index is 0.326. The normalized spacial score (nSPS) is 12.4. The lowest BCUT2D eigenvalue weighted by molar-refractivity contribution is 0.522. The zero-order valence-corrected chi connectivity index (χ0v) is 12.3. The van der Waals surface area contributed by atoms with Gasteiger partial charge in [0, 0.05) is 22.9 Å². The maximum atomic E-state index is 4.23. The van der Waals surface area contributed by atoms with Gasteiger partial charge in [0.25, 0.3) is 0 Å². The number of hydrogen-bond acceptors (Lipinski definition) is 2. The van der Waals surface area contributed by atoms with Crippen molar-refractivity contribution >= 4 is 15.9 Å². The van der Waals surface area contributed by atoms with Crippen LogP contribution in [0.25, 0.3) is 0 Å². The van der Waals surface area contributed by atoms with E-state index in [0.29, 0.717) is 6.04 Å². The van der Waals surface area contributed by atoms with Crippen LogP contribution in [0.5, 0.6) is 0 Å². The van der Waals surface area contributed by atoms with E-state index >= 15 is 0 Å². The second kappa shape index (κ2) is 7.62. The molecule has 1 heterocycles. The van der Waals surface area contributed by atoms with Crippen LogP contribution in [0, 0.1) is 0 Å². The molecule has 0 aliphatic heterocycles. The Bertz CT molecular complexity index is 363. The molecule has 0 aromatic carbocycles. The number of aromatic nitrogens is 1. The monoisotopic (exact) mass is 296 g/mol. The molecule has 0 saturated carbocycles. The second-order valence-corrected chi connectivity index (χ2v) is 5.17. The van der Waals surface area contributed by atoms with E-state index in [2.05, 4.69) is 52.7 Å². The van der Waals surface area contributed by atoms with Crippen molar-refractivity contribution in [3.05, 3.63) is 40.6 Å². The molecule has 0 spiro atoms. The predicted octanol–water partition coefficient (Wildman–Crippen LogP) is 4.24. The molecule has 0 radical (unpaired) electrons. The Morgan fingerprint density at radius 1 is 1.47 bits per heavy atom. The first-order chi connectivity index (χ1) is 8.17. The Kier molecular flexibility index (Phi) is 6.45. The number of nitrogens with one attached hydrogen (secondary N) is 1. The van der Waals surface area contributed by atoms with Crippen LogP contribution in [0.15, 0.2) is 35.1 Å². The van der Waals surface area contributed by atoms with Crippen molar-refractivity contribution in [2.45, 2.75) is 39.2 Å². The molecule has 1 unspecified atom stereocenters. The van der Waals surface area contributed by atoms with Crippen molar-refractivity contribution < 1.29 is 0 Å². The lowest BCUT2D eigenvalue weighted by Crippen LogP contribution is -2.22.